The zero-order chi connectivity index (χ0) is 25.8. The Hall–Kier alpha value is -2.90. The lowest BCUT2D eigenvalue weighted by Crippen LogP contribution is -2.46. The van der Waals surface area contributed by atoms with Gasteiger partial charge in [0.25, 0.3) is 6.01 Å². The number of carbonyl (C=O) groups is 1. The lowest BCUT2D eigenvalue weighted by atomic mass is 9.95. The summed E-state index contributed by atoms with van der Waals surface area (Å²) in [7, 11) is 1.80. The molecule has 7 heteroatoms. The number of likely N-dealkylation sites (tertiary alicyclic amines) is 1. The highest BCUT2D eigenvalue weighted by molar-refractivity contribution is 5.75. The van der Waals surface area contributed by atoms with Crippen LogP contribution >= 0.6 is 0 Å². The summed E-state index contributed by atoms with van der Waals surface area (Å²) in [4.78, 5) is 21.3. The summed E-state index contributed by atoms with van der Waals surface area (Å²) in [6.45, 7) is 7.11. The van der Waals surface area contributed by atoms with Gasteiger partial charge in [0, 0.05) is 46.3 Å². The number of ether oxygens (including phenoxy) is 1. The smallest absolute Gasteiger partial charge is 0.295 e. The van der Waals surface area contributed by atoms with Crippen LogP contribution in [0.2, 0.25) is 0 Å². The van der Waals surface area contributed by atoms with E-state index < -0.39 is 0 Å². The van der Waals surface area contributed by atoms with E-state index in [1.807, 2.05) is 11.0 Å². The third-order valence-electron chi connectivity index (χ3n) is 7.97. The van der Waals surface area contributed by atoms with Crippen molar-refractivity contribution in [1.82, 2.24) is 14.8 Å². The fraction of sp³-hybridized carbons (Fsp3) is 0.533. The average molecular weight is 505 g/mol. The van der Waals surface area contributed by atoms with E-state index in [9.17, 15) is 4.79 Å². The van der Waals surface area contributed by atoms with E-state index in [2.05, 4.69) is 53.5 Å². The third-order valence-corrected chi connectivity index (χ3v) is 7.97. The predicted octanol–water partition coefficient (Wildman–Crippen LogP) is 5.90. The van der Waals surface area contributed by atoms with Crippen LogP contribution in [0.4, 0.5) is 6.01 Å². The van der Waals surface area contributed by atoms with Gasteiger partial charge in [-0.25, -0.2) is 0 Å². The molecule has 1 aliphatic carbocycles. The molecule has 5 rings (SSSR count). The summed E-state index contributed by atoms with van der Waals surface area (Å²) in [5, 5.41) is 3.32. The van der Waals surface area contributed by atoms with Crippen molar-refractivity contribution in [3.05, 3.63) is 59.2 Å². The van der Waals surface area contributed by atoms with Crippen molar-refractivity contribution >= 4 is 23.0 Å². The van der Waals surface area contributed by atoms with E-state index in [1.165, 1.54) is 36.8 Å². The first-order chi connectivity index (χ1) is 18.0. The maximum absolute atomic E-state index is 12.0. The number of carbonyl (C=O) groups excluding carboxylic acids is 1. The zero-order valence-electron chi connectivity index (χ0n) is 22.4. The van der Waals surface area contributed by atoms with E-state index in [4.69, 9.17) is 14.1 Å². The van der Waals surface area contributed by atoms with Crippen molar-refractivity contribution in [2.45, 2.75) is 71.2 Å². The third kappa shape index (κ3) is 6.16. The summed E-state index contributed by atoms with van der Waals surface area (Å²) in [5.41, 5.74) is 5.13. The fourth-order valence-electron chi connectivity index (χ4n) is 6.11. The van der Waals surface area contributed by atoms with Gasteiger partial charge in [-0.2, -0.15) is 4.98 Å². The zero-order valence-corrected chi connectivity index (χ0v) is 22.4. The van der Waals surface area contributed by atoms with Crippen LogP contribution in [0.3, 0.4) is 0 Å². The van der Waals surface area contributed by atoms with E-state index in [0.717, 1.165) is 49.1 Å². The topological polar surface area (TPSA) is 70.8 Å². The van der Waals surface area contributed by atoms with Gasteiger partial charge in [-0.3, -0.25) is 9.69 Å². The van der Waals surface area contributed by atoms with Crippen molar-refractivity contribution in [1.29, 1.82) is 0 Å². The Balaban J connectivity index is 1.34. The molecule has 1 saturated heterocycles. The minimum atomic E-state index is -0.152. The van der Waals surface area contributed by atoms with Crippen LogP contribution in [0.25, 0.3) is 11.1 Å². The number of nitrogens with zero attached hydrogens (tertiary/aromatic N) is 3. The second kappa shape index (κ2) is 11.7. The Labute approximate surface area is 220 Å². The molecule has 2 aromatic carbocycles. The predicted molar refractivity (Wildman–Crippen MR) is 146 cm³/mol. The normalized spacial score (nSPS) is 19.6. The van der Waals surface area contributed by atoms with E-state index in [0.29, 0.717) is 24.5 Å². The first-order valence-corrected chi connectivity index (χ1v) is 13.7. The lowest BCUT2D eigenvalue weighted by molar-refractivity contribution is -0.131. The van der Waals surface area contributed by atoms with Crippen LogP contribution in [0.5, 0.6) is 0 Å². The van der Waals surface area contributed by atoms with Gasteiger partial charge in [-0.15, -0.1) is 0 Å². The molecule has 1 aliphatic heterocycles. The quantitative estimate of drug-likeness (QED) is 0.366. The van der Waals surface area contributed by atoms with E-state index >= 15 is 0 Å². The first kappa shape index (κ1) is 25.7. The SMILES string of the molecule is COC(c1ccc2oc(NCc3cccc(C)c3)nc2c1)N(CC1CCCN(C(C)=O)C1)C1CCCC1. The van der Waals surface area contributed by atoms with Gasteiger partial charge in [0.05, 0.1) is 0 Å². The van der Waals surface area contributed by atoms with Gasteiger partial charge < -0.3 is 19.4 Å². The van der Waals surface area contributed by atoms with Gasteiger partial charge >= 0.3 is 0 Å². The minimum absolute atomic E-state index is 0.152. The number of nitrogens with one attached hydrogen (secondary N) is 1. The van der Waals surface area contributed by atoms with Crippen LogP contribution in [-0.4, -0.2) is 53.5 Å². The molecule has 2 fully saturated rings. The lowest BCUT2D eigenvalue weighted by Gasteiger charge is -2.40. The number of hydrogen-bond donors (Lipinski definition) is 1. The number of amides is 1. The first-order valence-electron chi connectivity index (χ1n) is 13.7. The van der Waals surface area contributed by atoms with Crippen molar-refractivity contribution in [2.75, 3.05) is 32.1 Å². The van der Waals surface area contributed by atoms with Gasteiger partial charge in [0.15, 0.2) is 5.58 Å². The number of oxazole rings is 1. The molecule has 7 nitrogen and oxygen atoms in total. The molecule has 2 atom stereocenters. The van der Waals surface area contributed by atoms with Crippen molar-refractivity contribution in [2.24, 2.45) is 5.92 Å². The van der Waals surface area contributed by atoms with E-state index in [1.54, 1.807) is 14.0 Å². The Kier molecular flexibility index (Phi) is 8.11. The maximum atomic E-state index is 12.0. The number of methoxy groups -OCH3 is 1. The monoisotopic (exact) mass is 504 g/mol. The second-order valence-corrected chi connectivity index (χ2v) is 10.8. The Morgan fingerprint density at radius 1 is 1.19 bits per heavy atom. The highest BCUT2D eigenvalue weighted by Crippen LogP contribution is 2.35. The van der Waals surface area contributed by atoms with Gasteiger partial charge in [0.1, 0.15) is 11.7 Å². The van der Waals surface area contributed by atoms with Gasteiger partial charge in [0.2, 0.25) is 5.91 Å². The Morgan fingerprint density at radius 2 is 2.03 bits per heavy atom. The maximum Gasteiger partial charge on any atom is 0.295 e. The van der Waals surface area contributed by atoms with Gasteiger partial charge in [-0.1, -0.05) is 48.7 Å². The minimum Gasteiger partial charge on any atom is -0.424 e. The summed E-state index contributed by atoms with van der Waals surface area (Å²) < 4.78 is 12.2. The fourth-order valence-corrected chi connectivity index (χ4v) is 6.11. The van der Waals surface area contributed by atoms with Crippen LogP contribution in [0.15, 0.2) is 46.9 Å². The largest absolute Gasteiger partial charge is 0.424 e. The molecule has 2 unspecified atom stereocenters. The summed E-state index contributed by atoms with van der Waals surface area (Å²) >= 11 is 0. The number of aromatic nitrogens is 1. The van der Waals surface area contributed by atoms with Crippen LogP contribution in [-0.2, 0) is 16.1 Å². The highest BCUT2D eigenvalue weighted by atomic mass is 16.5. The number of aryl methyl sites for hydroxylation is 1. The van der Waals surface area contributed by atoms with Crippen molar-refractivity contribution in [3.8, 4) is 0 Å². The Bertz CT molecular complexity index is 1200. The number of rotatable bonds is 9. The molecule has 0 spiro atoms. The molecule has 1 amide bonds. The summed E-state index contributed by atoms with van der Waals surface area (Å²) in [5.74, 6) is 0.646. The highest BCUT2D eigenvalue weighted by Gasteiger charge is 2.33. The molecule has 0 radical (unpaired) electrons. The summed E-state index contributed by atoms with van der Waals surface area (Å²) in [6.07, 6.45) is 7.00. The van der Waals surface area contributed by atoms with Crippen LogP contribution in [0, 0.1) is 12.8 Å². The number of piperidine rings is 1. The molecule has 1 saturated carbocycles. The van der Waals surface area contributed by atoms with Crippen molar-refractivity contribution in [3.63, 3.8) is 0 Å². The van der Waals surface area contributed by atoms with E-state index in [-0.39, 0.29) is 12.1 Å². The molecule has 37 heavy (non-hydrogen) atoms. The molecular weight excluding hydrogens is 464 g/mol. The summed E-state index contributed by atoms with van der Waals surface area (Å²) in [6, 6.07) is 15.7. The molecule has 198 valence electrons. The second-order valence-electron chi connectivity index (χ2n) is 10.8. The van der Waals surface area contributed by atoms with Crippen LogP contribution in [0.1, 0.15) is 68.4 Å². The van der Waals surface area contributed by atoms with Crippen molar-refractivity contribution < 1.29 is 13.9 Å². The van der Waals surface area contributed by atoms with Crippen LogP contribution < -0.4 is 5.32 Å². The molecule has 0 bridgehead atoms. The molecule has 1 aromatic heterocycles. The molecule has 3 aromatic rings. The number of fused-ring (bicyclic) bond motifs is 1. The molecule has 1 N–H and O–H groups in total. The molecular formula is C30H40N4O3. The standard InChI is InChI=1S/C30H40N4O3/c1-21-8-6-9-23(16-21)18-31-30-32-27-17-25(13-14-28(27)37-30)29(36-3)34(26-11-4-5-12-26)20-24-10-7-15-33(19-24)22(2)35/h6,8-9,13-14,16-17,24,26,29H,4-5,7,10-12,15,18-20H2,1-3H3,(H,31,32). The number of hydrogen-bond acceptors (Lipinski definition) is 6. The molecule has 2 aliphatic rings. The Morgan fingerprint density at radius 3 is 2.78 bits per heavy atom. The average Bonchev–Trinajstić information content (AvgIpc) is 3.57. The number of anilines is 1. The number of benzene rings is 2. The van der Waals surface area contributed by atoms with Gasteiger partial charge in [-0.05, 0) is 61.8 Å². The molecule has 2 heterocycles.